The minimum Gasteiger partial charge on any atom is -0.493 e. The third-order valence-electron chi connectivity index (χ3n) is 5.99. The van der Waals surface area contributed by atoms with Gasteiger partial charge in [0.05, 0.1) is 25.3 Å². The molecule has 0 saturated heterocycles. The number of rotatable bonds is 8. The van der Waals surface area contributed by atoms with Crippen LogP contribution in [0.25, 0.3) is 22.0 Å². The van der Waals surface area contributed by atoms with Gasteiger partial charge in [-0.1, -0.05) is 42.0 Å². The average Bonchev–Trinajstić information content (AvgIpc) is 2.87. The molecule has 0 spiro atoms. The van der Waals surface area contributed by atoms with E-state index in [2.05, 4.69) is 16.5 Å². The van der Waals surface area contributed by atoms with Gasteiger partial charge in [0.1, 0.15) is 6.54 Å². The number of nitrogens with zero attached hydrogens (tertiary/aromatic N) is 2. The van der Waals surface area contributed by atoms with Gasteiger partial charge < -0.3 is 14.8 Å². The molecule has 4 aromatic rings. The highest BCUT2D eigenvalue weighted by atomic mass is 16.5. The lowest BCUT2D eigenvalue weighted by Crippen LogP contribution is -2.35. The van der Waals surface area contributed by atoms with Gasteiger partial charge in [0.15, 0.2) is 11.5 Å². The van der Waals surface area contributed by atoms with Crippen LogP contribution in [0.5, 0.6) is 11.5 Å². The molecule has 0 aliphatic carbocycles. The van der Waals surface area contributed by atoms with Crippen LogP contribution in [0.2, 0.25) is 0 Å². The van der Waals surface area contributed by atoms with Gasteiger partial charge in [0.2, 0.25) is 5.91 Å². The lowest BCUT2D eigenvalue weighted by Gasteiger charge is -2.14. The zero-order valence-electron chi connectivity index (χ0n) is 20.4. The SMILES string of the molecule is COc1ccc(CCNC(=O)Cn2nc(-c3cc(C)ccc3C)c3ccccc3c2=O)cc1OC. The van der Waals surface area contributed by atoms with Gasteiger partial charge in [0.25, 0.3) is 5.56 Å². The van der Waals surface area contributed by atoms with Crippen LogP contribution < -0.4 is 20.3 Å². The zero-order chi connectivity index (χ0) is 24.9. The molecule has 0 aliphatic rings. The molecule has 0 radical (unpaired) electrons. The molecular formula is C28H29N3O4. The highest BCUT2D eigenvalue weighted by Crippen LogP contribution is 2.29. The Morgan fingerprint density at radius 2 is 1.69 bits per heavy atom. The second-order valence-electron chi connectivity index (χ2n) is 8.46. The van der Waals surface area contributed by atoms with E-state index in [1.807, 2.05) is 62.4 Å². The normalized spacial score (nSPS) is 10.9. The first-order chi connectivity index (χ1) is 16.9. The fourth-order valence-electron chi connectivity index (χ4n) is 4.11. The molecule has 0 unspecified atom stereocenters. The molecule has 1 amide bonds. The summed E-state index contributed by atoms with van der Waals surface area (Å²) in [6.07, 6.45) is 0.611. The van der Waals surface area contributed by atoms with E-state index in [0.717, 1.165) is 27.6 Å². The van der Waals surface area contributed by atoms with Gasteiger partial charge in [-0.3, -0.25) is 9.59 Å². The second-order valence-corrected chi connectivity index (χ2v) is 8.46. The monoisotopic (exact) mass is 471 g/mol. The summed E-state index contributed by atoms with van der Waals surface area (Å²) in [5, 5.41) is 8.84. The molecule has 35 heavy (non-hydrogen) atoms. The number of hydrogen-bond acceptors (Lipinski definition) is 5. The number of hydrogen-bond donors (Lipinski definition) is 1. The molecule has 0 aliphatic heterocycles. The summed E-state index contributed by atoms with van der Waals surface area (Å²) in [4.78, 5) is 25.8. The number of carbonyl (C=O) groups is 1. The largest absolute Gasteiger partial charge is 0.493 e. The molecule has 1 heterocycles. The Labute approximate surface area is 204 Å². The molecule has 1 aromatic heterocycles. The van der Waals surface area contributed by atoms with E-state index in [4.69, 9.17) is 9.47 Å². The van der Waals surface area contributed by atoms with Crippen LogP contribution in [0.3, 0.4) is 0 Å². The maximum absolute atomic E-state index is 13.1. The first-order valence-electron chi connectivity index (χ1n) is 11.5. The molecular weight excluding hydrogens is 442 g/mol. The Hall–Kier alpha value is -4.13. The Morgan fingerprint density at radius 1 is 0.943 bits per heavy atom. The molecule has 0 fully saturated rings. The van der Waals surface area contributed by atoms with E-state index in [-0.39, 0.29) is 18.0 Å². The molecule has 4 rings (SSSR count). The van der Waals surface area contributed by atoms with Crippen LogP contribution in [0.1, 0.15) is 16.7 Å². The minimum atomic E-state index is -0.287. The van der Waals surface area contributed by atoms with Crippen molar-refractivity contribution in [3.8, 4) is 22.8 Å². The van der Waals surface area contributed by atoms with Crippen molar-refractivity contribution in [3.63, 3.8) is 0 Å². The molecule has 0 atom stereocenters. The van der Waals surface area contributed by atoms with Crippen LogP contribution in [0.4, 0.5) is 0 Å². The van der Waals surface area contributed by atoms with E-state index < -0.39 is 0 Å². The van der Waals surface area contributed by atoms with Crippen LogP contribution in [0.15, 0.2) is 65.5 Å². The van der Waals surface area contributed by atoms with Gasteiger partial charge in [-0.05, 0) is 55.7 Å². The number of benzene rings is 3. The smallest absolute Gasteiger partial charge is 0.275 e. The second kappa shape index (κ2) is 10.4. The summed E-state index contributed by atoms with van der Waals surface area (Å²) in [7, 11) is 3.18. The number of carbonyl (C=O) groups excluding carboxylic acids is 1. The number of ether oxygens (including phenoxy) is 2. The van der Waals surface area contributed by atoms with Gasteiger partial charge in [-0.2, -0.15) is 5.10 Å². The van der Waals surface area contributed by atoms with Crippen molar-refractivity contribution in [2.24, 2.45) is 0 Å². The molecule has 1 N–H and O–H groups in total. The number of aromatic nitrogens is 2. The van der Waals surface area contributed by atoms with Gasteiger partial charge in [0, 0.05) is 17.5 Å². The number of aryl methyl sites for hydroxylation is 2. The zero-order valence-corrected chi connectivity index (χ0v) is 20.4. The fraction of sp³-hybridized carbons (Fsp3) is 0.250. The summed E-state index contributed by atoms with van der Waals surface area (Å²) in [5.74, 6) is 1.02. The Morgan fingerprint density at radius 3 is 2.43 bits per heavy atom. The minimum absolute atomic E-state index is 0.159. The third kappa shape index (κ3) is 5.19. The summed E-state index contributed by atoms with van der Waals surface area (Å²) >= 11 is 0. The summed E-state index contributed by atoms with van der Waals surface area (Å²) in [6, 6.07) is 19.2. The Balaban J connectivity index is 1.55. The first kappa shape index (κ1) is 24.0. The summed E-state index contributed by atoms with van der Waals surface area (Å²) < 4.78 is 11.9. The standard InChI is InChI=1S/C28H29N3O4/c1-18-9-10-19(2)23(15-18)27-21-7-5-6-8-22(21)28(33)31(30-27)17-26(32)29-14-13-20-11-12-24(34-3)25(16-20)35-4/h5-12,15-16H,13-14,17H2,1-4H3,(H,29,32). The van der Waals surface area contributed by atoms with E-state index in [0.29, 0.717) is 35.5 Å². The molecule has 180 valence electrons. The lowest BCUT2D eigenvalue weighted by molar-refractivity contribution is -0.121. The molecule has 0 bridgehead atoms. The highest BCUT2D eigenvalue weighted by Gasteiger charge is 2.16. The fourth-order valence-corrected chi connectivity index (χ4v) is 4.11. The van der Waals surface area contributed by atoms with Gasteiger partial charge in [-0.15, -0.1) is 0 Å². The number of methoxy groups -OCH3 is 2. The quantitative estimate of drug-likeness (QED) is 0.419. The van der Waals surface area contributed by atoms with Crippen LogP contribution >= 0.6 is 0 Å². The van der Waals surface area contributed by atoms with Crippen molar-refractivity contribution in [2.75, 3.05) is 20.8 Å². The van der Waals surface area contributed by atoms with E-state index >= 15 is 0 Å². The summed E-state index contributed by atoms with van der Waals surface area (Å²) in [6.45, 7) is 4.29. The molecule has 7 nitrogen and oxygen atoms in total. The first-order valence-corrected chi connectivity index (χ1v) is 11.5. The average molecular weight is 472 g/mol. The van der Waals surface area contributed by atoms with E-state index in [1.54, 1.807) is 20.3 Å². The van der Waals surface area contributed by atoms with Crippen molar-refractivity contribution in [3.05, 3.63) is 87.7 Å². The maximum Gasteiger partial charge on any atom is 0.275 e. The molecule has 7 heteroatoms. The van der Waals surface area contributed by atoms with Crippen LogP contribution in [-0.4, -0.2) is 36.5 Å². The predicted molar refractivity (Wildman–Crippen MR) is 137 cm³/mol. The van der Waals surface area contributed by atoms with Gasteiger partial charge in [-0.25, -0.2) is 4.68 Å². The van der Waals surface area contributed by atoms with E-state index in [9.17, 15) is 9.59 Å². The highest BCUT2D eigenvalue weighted by molar-refractivity contribution is 5.94. The van der Waals surface area contributed by atoms with Crippen molar-refractivity contribution < 1.29 is 14.3 Å². The van der Waals surface area contributed by atoms with Crippen molar-refractivity contribution >= 4 is 16.7 Å². The topological polar surface area (TPSA) is 82.5 Å². The number of fused-ring (bicyclic) bond motifs is 1. The van der Waals surface area contributed by atoms with Crippen molar-refractivity contribution in [1.82, 2.24) is 15.1 Å². The predicted octanol–water partition coefficient (Wildman–Crippen LogP) is 4.06. The third-order valence-corrected chi connectivity index (χ3v) is 5.99. The van der Waals surface area contributed by atoms with Crippen molar-refractivity contribution in [2.45, 2.75) is 26.8 Å². The van der Waals surface area contributed by atoms with E-state index in [1.165, 1.54) is 4.68 Å². The lowest BCUT2D eigenvalue weighted by atomic mass is 9.99. The summed E-state index contributed by atoms with van der Waals surface area (Å²) in [5.41, 5.74) is 4.51. The molecule has 3 aromatic carbocycles. The Bertz CT molecular complexity index is 1440. The molecule has 0 saturated carbocycles. The van der Waals surface area contributed by atoms with Crippen LogP contribution in [-0.2, 0) is 17.8 Å². The van der Waals surface area contributed by atoms with Crippen molar-refractivity contribution in [1.29, 1.82) is 0 Å². The number of amides is 1. The number of nitrogens with one attached hydrogen (secondary N) is 1. The maximum atomic E-state index is 13.1. The van der Waals surface area contributed by atoms with Gasteiger partial charge >= 0.3 is 0 Å². The van der Waals surface area contributed by atoms with Crippen LogP contribution in [0, 0.1) is 13.8 Å². The Kier molecular flexibility index (Phi) is 7.15.